The molecule has 0 aromatic heterocycles. The summed E-state index contributed by atoms with van der Waals surface area (Å²) in [5, 5.41) is 10.9. The Labute approximate surface area is 140 Å². The Kier molecular flexibility index (Phi) is 4.41. The molecule has 1 aliphatic heterocycles. The van der Waals surface area contributed by atoms with Crippen LogP contribution in [0.3, 0.4) is 0 Å². The lowest BCUT2D eigenvalue weighted by Gasteiger charge is -2.37. The Balaban J connectivity index is 1.71. The number of benzene rings is 2. The molecule has 0 atom stereocenters. The van der Waals surface area contributed by atoms with Crippen LogP contribution >= 0.6 is 0 Å². The van der Waals surface area contributed by atoms with Crippen LogP contribution in [0.1, 0.15) is 0 Å². The van der Waals surface area contributed by atoms with Crippen LogP contribution in [0.4, 0.5) is 22.7 Å². The van der Waals surface area contributed by atoms with Crippen LogP contribution < -0.4 is 20.3 Å². The predicted molar refractivity (Wildman–Crippen MR) is 94.9 cm³/mol. The van der Waals surface area contributed by atoms with Crippen molar-refractivity contribution in [2.45, 2.75) is 0 Å². The molecule has 0 unspecified atom stereocenters. The molecule has 3 rings (SSSR count). The topological polar surface area (TPSA) is 84.9 Å². The number of anilines is 3. The summed E-state index contributed by atoms with van der Waals surface area (Å²) >= 11 is 0. The Morgan fingerprint density at radius 1 is 1.08 bits per heavy atom. The molecule has 7 nitrogen and oxygen atoms in total. The van der Waals surface area contributed by atoms with Crippen molar-refractivity contribution >= 4 is 22.7 Å². The molecular formula is C17H20N4O3. The minimum absolute atomic E-state index is 0.0496. The maximum Gasteiger partial charge on any atom is 0.292 e. The molecular weight excluding hydrogens is 308 g/mol. The zero-order valence-corrected chi connectivity index (χ0v) is 13.5. The molecule has 1 aliphatic rings. The number of nitrogens with two attached hydrogens (primary N) is 1. The van der Waals surface area contributed by atoms with E-state index in [1.54, 1.807) is 19.2 Å². The van der Waals surface area contributed by atoms with Gasteiger partial charge in [-0.2, -0.15) is 0 Å². The number of para-hydroxylation sites is 2. The zero-order valence-electron chi connectivity index (χ0n) is 13.5. The van der Waals surface area contributed by atoms with Gasteiger partial charge in [0.05, 0.1) is 17.7 Å². The largest absolute Gasteiger partial charge is 0.495 e. The Morgan fingerprint density at radius 3 is 2.38 bits per heavy atom. The molecule has 1 heterocycles. The van der Waals surface area contributed by atoms with E-state index in [4.69, 9.17) is 10.5 Å². The third-order valence-electron chi connectivity index (χ3n) is 4.28. The summed E-state index contributed by atoms with van der Waals surface area (Å²) in [5.41, 5.74) is 7.94. The van der Waals surface area contributed by atoms with Gasteiger partial charge in [0.2, 0.25) is 0 Å². The Bertz CT molecular complexity index is 742. The highest BCUT2D eigenvalue weighted by molar-refractivity contribution is 5.67. The number of rotatable bonds is 4. The Hall–Kier alpha value is -2.96. The van der Waals surface area contributed by atoms with Gasteiger partial charge in [-0.1, -0.05) is 12.1 Å². The predicted octanol–water partition coefficient (Wildman–Crippen LogP) is 2.51. The number of piperazine rings is 1. The molecule has 24 heavy (non-hydrogen) atoms. The van der Waals surface area contributed by atoms with Crippen molar-refractivity contribution in [2.24, 2.45) is 0 Å². The van der Waals surface area contributed by atoms with Crippen LogP contribution in [0.5, 0.6) is 5.75 Å². The summed E-state index contributed by atoms with van der Waals surface area (Å²) in [6, 6.07) is 12.9. The first kappa shape index (κ1) is 15.9. The highest BCUT2D eigenvalue weighted by atomic mass is 16.6. The van der Waals surface area contributed by atoms with E-state index in [0.717, 1.165) is 43.3 Å². The first-order valence-electron chi connectivity index (χ1n) is 7.77. The van der Waals surface area contributed by atoms with Gasteiger partial charge in [0.15, 0.2) is 0 Å². The molecule has 2 N–H and O–H groups in total. The first-order chi connectivity index (χ1) is 11.6. The van der Waals surface area contributed by atoms with E-state index in [0.29, 0.717) is 0 Å². The maximum absolute atomic E-state index is 10.9. The number of nitrogens with zero attached hydrogens (tertiary/aromatic N) is 3. The fraction of sp³-hybridized carbons (Fsp3) is 0.294. The van der Waals surface area contributed by atoms with Gasteiger partial charge in [0.1, 0.15) is 11.4 Å². The van der Waals surface area contributed by atoms with Gasteiger partial charge < -0.3 is 20.3 Å². The molecule has 0 bridgehead atoms. The number of hydrogen-bond donors (Lipinski definition) is 1. The number of hydrogen-bond acceptors (Lipinski definition) is 6. The smallest absolute Gasteiger partial charge is 0.292 e. The molecule has 0 spiro atoms. The normalized spacial score (nSPS) is 14.5. The van der Waals surface area contributed by atoms with E-state index in [1.165, 1.54) is 6.07 Å². The molecule has 126 valence electrons. The van der Waals surface area contributed by atoms with Crippen molar-refractivity contribution in [1.82, 2.24) is 0 Å². The highest BCUT2D eigenvalue weighted by Crippen LogP contribution is 2.31. The van der Waals surface area contributed by atoms with Crippen molar-refractivity contribution in [3.63, 3.8) is 0 Å². The summed E-state index contributed by atoms with van der Waals surface area (Å²) in [6.07, 6.45) is 0. The number of nitro groups is 1. The van der Waals surface area contributed by atoms with E-state index >= 15 is 0 Å². The second-order valence-corrected chi connectivity index (χ2v) is 5.65. The highest BCUT2D eigenvalue weighted by Gasteiger charge is 2.21. The first-order valence-corrected chi connectivity index (χ1v) is 7.77. The van der Waals surface area contributed by atoms with Gasteiger partial charge in [0, 0.05) is 37.9 Å². The summed E-state index contributed by atoms with van der Waals surface area (Å²) in [4.78, 5) is 14.9. The molecule has 2 aromatic carbocycles. The number of nitrogen functional groups attached to an aromatic ring is 1. The second kappa shape index (κ2) is 6.66. The average molecular weight is 328 g/mol. The summed E-state index contributed by atoms with van der Waals surface area (Å²) in [6.45, 7) is 3.32. The number of methoxy groups -OCH3 is 1. The molecule has 0 aliphatic carbocycles. The molecule has 0 saturated carbocycles. The van der Waals surface area contributed by atoms with Crippen LogP contribution in [0.25, 0.3) is 0 Å². The van der Waals surface area contributed by atoms with Crippen molar-refractivity contribution in [3.8, 4) is 5.75 Å². The second-order valence-electron chi connectivity index (χ2n) is 5.65. The molecule has 7 heteroatoms. The fourth-order valence-electron chi connectivity index (χ4n) is 3.00. The minimum Gasteiger partial charge on any atom is -0.495 e. The summed E-state index contributed by atoms with van der Waals surface area (Å²) < 4.78 is 5.43. The molecule has 1 fully saturated rings. The SMILES string of the molecule is COc1ccccc1N1CCN(c2ccc([N+](=O)[O-])c(N)c2)CC1. The van der Waals surface area contributed by atoms with Crippen LogP contribution in [0, 0.1) is 10.1 Å². The van der Waals surface area contributed by atoms with Gasteiger partial charge in [-0.15, -0.1) is 0 Å². The van der Waals surface area contributed by atoms with Gasteiger partial charge >= 0.3 is 0 Å². The molecule has 0 radical (unpaired) electrons. The minimum atomic E-state index is -0.460. The average Bonchev–Trinajstić information content (AvgIpc) is 2.61. The lowest BCUT2D eigenvalue weighted by atomic mass is 10.2. The number of nitro benzene ring substituents is 1. The van der Waals surface area contributed by atoms with Crippen molar-refractivity contribution in [2.75, 3.05) is 48.8 Å². The number of ether oxygens (including phenoxy) is 1. The van der Waals surface area contributed by atoms with Crippen LogP contribution in [-0.4, -0.2) is 38.2 Å². The van der Waals surface area contributed by atoms with E-state index in [9.17, 15) is 10.1 Å². The van der Waals surface area contributed by atoms with Gasteiger partial charge in [-0.25, -0.2) is 0 Å². The van der Waals surface area contributed by atoms with Gasteiger partial charge in [-0.3, -0.25) is 10.1 Å². The van der Waals surface area contributed by atoms with Crippen molar-refractivity contribution in [1.29, 1.82) is 0 Å². The summed E-state index contributed by atoms with van der Waals surface area (Å²) in [5.74, 6) is 0.866. The molecule has 2 aromatic rings. The van der Waals surface area contributed by atoms with Crippen LogP contribution in [0.15, 0.2) is 42.5 Å². The molecule has 0 amide bonds. The van der Waals surface area contributed by atoms with Crippen LogP contribution in [-0.2, 0) is 0 Å². The third kappa shape index (κ3) is 3.05. The standard InChI is InChI=1S/C17H20N4O3/c1-24-17-5-3-2-4-16(17)20-10-8-19(9-11-20)13-6-7-15(21(22)23)14(18)12-13/h2-7,12H,8-11,18H2,1H3. The third-order valence-corrected chi connectivity index (χ3v) is 4.28. The fourth-order valence-corrected chi connectivity index (χ4v) is 3.00. The monoisotopic (exact) mass is 328 g/mol. The zero-order chi connectivity index (χ0) is 17.1. The van der Waals surface area contributed by atoms with E-state index < -0.39 is 4.92 Å². The Morgan fingerprint density at radius 2 is 1.75 bits per heavy atom. The van der Waals surface area contributed by atoms with Crippen molar-refractivity contribution < 1.29 is 9.66 Å². The van der Waals surface area contributed by atoms with Gasteiger partial charge in [0.25, 0.3) is 5.69 Å². The summed E-state index contributed by atoms with van der Waals surface area (Å²) in [7, 11) is 1.68. The van der Waals surface area contributed by atoms with E-state index in [2.05, 4.69) is 15.9 Å². The van der Waals surface area contributed by atoms with Crippen LogP contribution in [0.2, 0.25) is 0 Å². The van der Waals surface area contributed by atoms with Gasteiger partial charge in [-0.05, 0) is 24.3 Å². The van der Waals surface area contributed by atoms with E-state index in [1.807, 2.05) is 18.2 Å². The quantitative estimate of drug-likeness (QED) is 0.527. The lowest BCUT2D eigenvalue weighted by molar-refractivity contribution is -0.383. The molecule has 1 saturated heterocycles. The lowest BCUT2D eigenvalue weighted by Crippen LogP contribution is -2.46. The van der Waals surface area contributed by atoms with E-state index in [-0.39, 0.29) is 11.4 Å². The maximum atomic E-state index is 10.9. The van der Waals surface area contributed by atoms with Crippen molar-refractivity contribution in [3.05, 3.63) is 52.6 Å².